The molecule has 2 unspecified atom stereocenters. The summed E-state index contributed by atoms with van der Waals surface area (Å²) in [5, 5.41) is 3.71. The molecular formula is C14H30N2. The fourth-order valence-corrected chi connectivity index (χ4v) is 2.64. The predicted molar refractivity (Wildman–Crippen MR) is 71.7 cm³/mol. The van der Waals surface area contributed by atoms with Crippen LogP contribution in [0.25, 0.3) is 0 Å². The van der Waals surface area contributed by atoms with Crippen LogP contribution in [0.1, 0.15) is 47.5 Å². The normalized spacial score (nSPS) is 27.9. The molecule has 0 aromatic carbocycles. The third-order valence-electron chi connectivity index (χ3n) is 3.59. The Morgan fingerprint density at radius 2 is 1.94 bits per heavy atom. The third kappa shape index (κ3) is 4.06. The van der Waals surface area contributed by atoms with Gasteiger partial charge in [-0.05, 0) is 18.3 Å². The largest absolute Gasteiger partial charge is 0.311 e. The average molecular weight is 226 g/mol. The Balaban J connectivity index is 2.54. The second kappa shape index (κ2) is 6.61. The molecule has 0 spiro atoms. The molecule has 1 aliphatic rings. The predicted octanol–water partition coefficient (Wildman–Crippen LogP) is 2.74. The number of hydrogen-bond donors (Lipinski definition) is 1. The van der Waals surface area contributed by atoms with Crippen LogP contribution in [0.2, 0.25) is 0 Å². The van der Waals surface area contributed by atoms with Gasteiger partial charge in [-0.15, -0.1) is 0 Å². The summed E-state index contributed by atoms with van der Waals surface area (Å²) in [5.41, 5.74) is 0. The minimum atomic E-state index is 0.687. The van der Waals surface area contributed by atoms with Crippen LogP contribution in [0.3, 0.4) is 0 Å². The lowest BCUT2D eigenvalue weighted by atomic mass is 9.96. The highest BCUT2D eigenvalue weighted by atomic mass is 15.2. The molecule has 2 heteroatoms. The molecule has 0 amide bonds. The van der Waals surface area contributed by atoms with Gasteiger partial charge < -0.3 is 5.32 Å². The minimum Gasteiger partial charge on any atom is -0.311 e. The number of piperazine rings is 1. The summed E-state index contributed by atoms with van der Waals surface area (Å²) < 4.78 is 0. The van der Waals surface area contributed by atoms with Crippen molar-refractivity contribution in [3.05, 3.63) is 0 Å². The molecule has 2 atom stereocenters. The molecule has 16 heavy (non-hydrogen) atoms. The SMILES string of the molecule is CCCC1CNC(C(C)C)CN1CC(C)C. The van der Waals surface area contributed by atoms with Gasteiger partial charge in [-0.25, -0.2) is 0 Å². The first-order valence-corrected chi connectivity index (χ1v) is 7.02. The van der Waals surface area contributed by atoms with E-state index < -0.39 is 0 Å². The molecule has 1 heterocycles. The molecule has 1 aliphatic heterocycles. The number of nitrogens with zero attached hydrogens (tertiary/aromatic N) is 1. The first kappa shape index (κ1) is 14.0. The molecule has 0 bridgehead atoms. The van der Waals surface area contributed by atoms with E-state index in [4.69, 9.17) is 0 Å². The van der Waals surface area contributed by atoms with Crippen molar-refractivity contribution < 1.29 is 0 Å². The number of rotatable bonds is 5. The summed E-state index contributed by atoms with van der Waals surface area (Å²) in [6.45, 7) is 15.3. The standard InChI is InChI=1S/C14H30N2/c1-6-7-13-8-15-14(12(4)5)10-16(13)9-11(2)3/h11-15H,6-10H2,1-5H3. The lowest BCUT2D eigenvalue weighted by Crippen LogP contribution is -2.58. The Labute approximate surface area is 102 Å². The Kier molecular flexibility index (Phi) is 5.77. The van der Waals surface area contributed by atoms with Gasteiger partial charge in [-0.2, -0.15) is 0 Å². The lowest BCUT2D eigenvalue weighted by molar-refractivity contribution is 0.0948. The molecule has 0 saturated carbocycles. The molecule has 1 fully saturated rings. The van der Waals surface area contributed by atoms with E-state index >= 15 is 0 Å². The van der Waals surface area contributed by atoms with Crippen LogP contribution >= 0.6 is 0 Å². The highest BCUT2D eigenvalue weighted by Crippen LogP contribution is 2.17. The van der Waals surface area contributed by atoms with Crippen LogP contribution in [0, 0.1) is 11.8 Å². The van der Waals surface area contributed by atoms with E-state index in [-0.39, 0.29) is 0 Å². The molecule has 0 aromatic heterocycles. The van der Waals surface area contributed by atoms with Crippen molar-refractivity contribution in [3.63, 3.8) is 0 Å². The first-order chi connectivity index (χ1) is 7.54. The number of nitrogens with one attached hydrogen (secondary N) is 1. The van der Waals surface area contributed by atoms with Crippen molar-refractivity contribution in [1.29, 1.82) is 0 Å². The molecule has 1 N–H and O–H groups in total. The maximum absolute atomic E-state index is 3.71. The van der Waals surface area contributed by atoms with E-state index in [9.17, 15) is 0 Å². The summed E-state index contributed by atoms with van der Waals surface area (Å²) in [4.78, 5) is 2.72. The minimum absolute atomic E-state index is 0.687. The monoisotopic (exact) mass is 226 g/mol. The highest BCUT2D eigenvalue weighted by molar-refractivity contribution is 4.87. The molecule has 0 aliphatic carbocycles. The van der Waals surface area contributed by atoms with Gasteiger partial charge in [0.15, 0.2) is 0 Å². The van der Waals surface area contributed by atoms with Crippen molar-refractivity contribution in [2.45, 2.75) is 59.5 Å². The molecule has 2 nitrogen and oxygen atoms in total. The van der Waals surface area contributed by atoms with Gasteiger partial charge in [0.1, 0.15) is 0 Å². The van der Waals surface area contributed by atoms with E-state index in [1.165, 1.54) is 32.5 Å². The molecular weight excluding hydrogens is 196 g/mol. The van der Waals surface area contributed by atoms with Crippen LogP contribution < -0.4 is 5.32 Å². The van der Waals surface area contributed by atoms with Crippen LogP contribution in [-0.4, -0.2) is 36.6 Å². The molecule has 0 radical (unpaired) electrons. The van der Waals surface area contributed by atoms with Crippen LogP contribution in [0.4, 0.5) is 0 Å². The van der Waals surface area contributed by atoms with E-state index in [1.807, 2.05) is 0 Å². The third-order valence-corrected chi connectivity index (χ3v) is 3.59. The Morgan fingerprint density at radius 1 is 1.25 bits per heavy atom. The lowest BCUT2D eigenvalue weighted by Gasteiger charge is -2.42. The molecule has 0 aromatic rings. The van der Waals surface area contributed by atoms with Crippen LogP contribution in [-0.2, 0) is 0 Å². The van der Waals surface area contributed by atoms with Gasteiger partial charge in [0.25, 0.3) is 0 Å². The topological polar surface area (TPSA) is 15.3 Å². The smallest absolute Gasteiger partial charge is 0.0221 e. The fraction of sp³-hybridized carbons (Fsp3) is 1.00. The van der Waals surface area contributed by atoms with Crippen molar-refractivity contribution in [1.82, 2.24) is 10.2 Å². The second-order valence-corrected chi connectivity index (χ2v) is 6.05. The van der Waals surface area contributed by atoms with Crippen molar-refractivity contribution in [3.8, 4) is 0 Å². The highest BCUT2D eigenvalue weighted by Gasteiger charge is 2.28. The summed E-state index contributed by atoms with van der Waals surface area (Å²) in [6, 6.07) is 1.45. The zero-order chi connectivity index (χ0) is 12.1. The maximum Gasteiger partial charge on any atom is 0.0221 e. The zero-order valence-corrected chi connectivity index (χ0v) is 11.8. The quantitative estimate of drug-likeness (QED) is 0.775. The van der Waals surface area contributed by atoms with Gasteiger partial charge in [0.2, 0.25) is 0 Å². The fourth-order valence-electron chi connectivity index (χ4n) is 2.64. The van der Waals surface area contributed by atoms with E-state index in [2.05, 4.69) is 44.8 Å². The van der Waals surface area contributed by atoms with E-state index in [0.717, 1.165) is 17.9 Å². The van der Waals surface area contributed by atoms with Gasteiger partial charge in [-0.1, -0.05) is 41.0 Å². The molecule has 96 valence electrons. The van der Waals surface area contributed by atoms with Gasteiger partial charge in [0.05, 0.1) is 0 Å². The van der Waals surface area contributed by atoms with E-state index in [1.54, 1.807) is 0 Å². The van der Waals surface area contributed by atoms with Crippen LogP contribution in [0.5, 0.6) is 0 Å². The molecule has 1 saturated heterocycles. The Hall–Kier alpha value is -0.0800. The average Bonchev–Trinajstić information content (AvgIpc) is 2.19. The Bertz CT molecular complexity index is 189. The second-order valence-electron chi connectivity index (χ2n) is 6.05. The summed E-state index contributed by atoms with van der Waals surface area (Å²) in [6.07, 6.45) is 2.64. The van der Waals surface area contributed by atoms with Crippen LogP contribution in [0.15, 0.2) is 0 Å². The van der Waals surface area contributed by atoms with Gasteiger partial charge in [-0.3, -0.25) is 4.90 Å². The number of hydrogen-bond acceptors (Lipinski definition) is 2. The zero-order valence-electron chi connectivity index (χ0n) is 11.8. The van der Waals surface area contributed by atoms with Crippen molar-refractivity contribution in [2.75, 3.05) is 19.6 Å². The van der Waals surface area contributed by atoms with E-state index in [0.29, 0.717) is 6.04 Å². The van der Waals surface area contributed by atoms with Gasteiger partial charge >= 0.3 is 0 Å². The maximum atomic E-state index is 3.71. The summed E-state index contributed by atoms with van der Waals surface area (Å²) >= 11 is 0. The summed E-state index contributed by atoms with van der Waals surface area (Å²) in [5.74, 6) is 1.53. The Morgan fingerprint density at radius 3 is 2.44 bits per heavy atom. The van der Waals surface area contributed by atoms with Crippen molar-refractivity contribution >= 4 is 0 Å². The van der Waals surface area contributed by atoms with Gasteiger partial charge in [0, 0.05) is 31.7 Å². The summed E-state index contributed by atoms with van der Waals surface area (Å²) in [7, 11) is 0. The molecule has 1 rings (SSSR count). The first-order valence-electron chi connectivity index (χ1n) is 7.02. The van der Waals surface area contributed by atoms with Crippen molar-refractivity contribution in [2.24, 2.45) is 11.8 Å².